The number of ether oxygens (including phenoxy) is 1. The van der Waals surface area contributed by atoms with Gasteiger partial charge in [0.1, 0.15) is 17.2 Å². The van der Waals surface area contributed by atoms with Crippen molar-refractivity contribution in [3.63, 3.8) is 0 Å². The second kappa shape index (κ2) is 4.52. The number of nitrogens with two attached hydrogens (primary N) is 1. The van der Waals surface area contributed by atoms with E-state index >= 15 is 0 Å². The molecule has 0 radical (unpaired) electrons. The highest BCUT2D eigenvalue weighted by atomic mass is 79.9. The third-order valence-electron chi connectivity index (χ3n) is 3.69. The van der Waals surface area contributed by atoms with Crippen LogP contribution in [0, 0.1) is 6.92 Å². The number of fused-ring (bicyclic) bond motifs is 1. The molecular weight excluding hydrogens is 318 g/mol. The SMILES string of the molecule is Cc1nn(C2CC(C)(C)Oc3ccccc32)c(N)c1Br. The third kappa shape index (κ3) is 2.10. The summed E-state index contributed by atoms with van der Waals surface area (Å²) in [5.41, 5.74) is 7.99. The van der Waals surface area contributed by atoms with Gasteiger partial charge in [0, 0.05) is 12.0 Å². The van der Waals surface area contributed by atoms with Gasteiger partial charge >= 0.3 is 0 Å². The minimum atomic E-state index is -0.238. The fourth-order valence-corrected chi connectivity index (χ4v) is 3.03. The van der Waals surface area contributed by atoms with Crippen molar-refractivity contribution in [1.29, 1.82) is 0 Å². The normalized spacial score (nSPS) is 20.3. The molecule has 0 saturated carbocycles. The number of aromatic nitrogens is 2. The van der Waals surface area contributed by atoms with Gasteiger partial charge in [0.25, 0.3) is 0 Å². The maximum Gasteiger partial charge on any atom is 0.137 e. The maximum absolute atomic E-state index is 6.19. The average molecular weight is 336 g/mol. The van der Waals surface area contributed by atoms with Crippen molar-refractivity contribution in [1.82, 2.24) is 9.78 Å². The molecule has 4 nitrogen and oxygen atoms in total. The molecule has 3 rings (SSSR count). The van der Waals surface area contributed by atoms with Crippen molar-refractivity contribution in [2.75, 3.05) is 5.73 Å². The van der Waals surface area contributed by atoms with Gasteiger partial charge in [-0.2, -0.15) is 5.10 Å². The molecule has 1 aliphatic rings. The highest BCUT2D eigenvalue weighted by molar-refractivity contribution is 9.10. The summed E-state index contributed by atoms with van der Waals surface area (Å²) in [6, 6.07) is 8.20. The minimum Gasteiger partial charge on any atom is -0.487 e. The zero-order chi connectivity index (χ0) is 14.5. The van der Waals surface area contributed by atoms with Gasteiger partial charge in [-0.05, 0) is 42.8 Å². The monoisotopic (exact) mass is 335 g/mol. The van der Waals surface area contributed by atoms with Crippen LogP contribution in [-0.2, 0) is 0 Å². The number of aryl methyl sites for hydroxylation is 1. The summed E-state index contributed by atoms with van der Waals surface area (Å²) in [4.78, 5) is 0. The Hall–Kier alpha value is -1.49. The summed E-state index contributed by atoms with van der Waals surface area (Å²) >= 11 is 3.50. The van der Waals surface area contributed by atoms with Crippen molar-refractivity contribution >= 4 is 21.7 Å². The second-order valence-electron chi connectivity index (χ2n) is 5.85. The van der Waals surface area contributed by atoms with Gasteiger partial charge in [-0.1, -0.05) is 18.2 Å². The molecule has 1 unspecified atom stereocenters. The number of rotatable bonds is 1. The minimum absolute atomic E-state index is 0.0972. The summed E-state index contributed by atoms with van der Waals surface area (Å²) in [6.45, 7) is 6.14. The third-order valence-corrected chi connectivity index (χ3v) is 4.67. The first-order valence-electron chi connectivity index (χ1n) is 6.67. The number of halogens is 1. The fraction of sp³-hybridized carbons (Fsp3) is 0.400. The molecule has 1 aliphatic heterocycles. The molecule has 1 atom stereocenters. The molecule has 1 aromatic carbocycles. The predicted octanol–water partition coefficient (Wildman–Crippen LogP) is 3.69. The molecule has 0 fully saturated rings. The van der Waals surface area contributed by atoms with Crippen molar-refractivity contribution < 1.29 is 4.74 Å². The van der Waals surface area contributed by atoms with E-state index in [1.165, 1.54) is 0 Å². The number of hydrogen-bond acceptors (Lipinski definition) is 3. The van der Waals surface area contributed by atoms with E-state index in [1.807, 2.05) is 29.8 Å². The summed E-state index contributed by atoms with van der Waals surface area (Å²) in [6.07, 6.45) is 0.835. The molecule has 2 heterocycles. The van der Waals surface area contributed by atoms with Crippen LogP contribution in [0.1, 0.15) is 37.6 Å². The molecule has 0 spiro atoms. The molecule has 0 bridgehead atoms. The first kappa shape index (κ1) is 13.5. The topological polar surface area (TPSA) is 53.1 Å². The van der Waals surface area contributed by atoms with Gasteiger partial charge in [0.05, 0.1) is 16.2 Å². The number of nitrogen functional groups attached to an aromatic ring is 1. The van der Waals surface area contributed by atoms with E-state index in [2.05, 4.69) is 40.9 Å². The maximum atomic E-state index is 6.19. The van der Waals surface area contributed by atoms with E-state index in [9.17, 15) is 0 Å². The van der Waals surface area contributed by atoms with E-state index in [0.29, 0.717) is 5.82 Å². The van der Waals surface area contributed by atoms with Crippen LogP contribution in [0.25, 0.3) is 0 Å². The fourth-order valence-electron chi connectivity index (χ4n) is 2.76. The van der Waals surface area contributed by atoms with E-state index in [-0.39, 0.29) is 11.6 Å². The van der Waals surface area contributed by atoms with Crippen LogP contribution < -0.4 is 10.5 Å². The molecule has 2 aromatic rings. The lowest BCUT2D eigenvalue weighted by atomic mass is 9.90. The summed E-state index contributed by atoms with van der Waals surface area (Å²) < 4.78 is 8.83. The van der Waals surface area contributed by atoms with Crippen LogP contribution in [0.4, 0.5) is 5.82 Å². The zero-order valence-corrected chi connectivity index (χ0v) is 13.4. The first-order valence-corrected chi connectivity index (χ1v) is 7.46. The Morgan fingerprint density at radius 2 is 2.10 bits per heavy atom. The largest absolute Gasteiger partial charge is 0.487 e. The predicted molar refractivity (Wildman–Crippen MR) is 83.0 cm³/mol. The smallest absolute Gasteiger partial charge is 0.137 e. The van der Waals surface area contributed by atoms with E-state index in [0.717, 1.165) is 27.9 Å². The van der Waals surface area contributed by atoms with E-state index in [1.54, 1.807) is 0 Å². The second-order valence-corrected chi connectivity index (χ2v) is 6.64. The van der Waals surface area contributed by atoms with Crippen LogP contribution in [0.15, 0.2) is 28.7 Å². The average Bonchev–Trinajstić information content (AvgIpc) is 2.64. The zero-order valence-electron chi connectivity index (χ0n) is 11.9. The van der Waals surface area contributed by atoms with Crippen LogP contribution in [0.2, 0.25) is 0 Å². The van der Waals surface area contributed by atoms with Crippen LogP contribution >= 0.6 is 15.9 Å². The van der Waals surface area contributed by atoms with Crippen LogP contribution in [0.3, 0.4) is 0 Å². The molecule has 0 aliphatic carbocycles. The lowest BCUT2D eigenvalue weighted by Gasteiger charge is -2.37. The Balaban J connectivity index is 2.15. The molecule has 0 saturated heterocycles. The summed E-state index contributed by atoms with van der Waals surface area (Å²) in [7, 11) is 0. The lowest BCUT2D eigenvalue weighted by molar-refractivity contribution is 0.0652. The van der Waals surface area contributed by atoms with Gasteiger partial charge in [0.2, 0.25) is 0 Å². The van der Waals surface area contributed by atoms with Crippen molar-refractivity contribution in [3.05, 3.63) is 40.0 Å². The van der Waals surface area contributed by atoms with Crippen molar-refractivity contribution in [2.45, 2.75) is 38.8 Å². The molecule has 106 valence electrons. The molecule has 1 aromatic heterocycles. The Morgan fingerprint density at radius 1 is 1.40 bits per heavy atom. The molecule has 0 amide bonds. The highest BCUT2D eigenvalue weighted by Gasteiger charge is 2.36. The van der Waals surface area contributed by atoms with Crippen LogP contribution in [-0.4, -0.2) is 15.4 Å². The Labute approximate surface area is 127 Å². The van der Waals surface area contributed by atoms with Crippen molar-refractivity contribution in [3.8, 4) is 5.75 Å². The van der Waals surface area contributed by atoms with Crippen LogP contribution in [0.5, 0.6) is 5.75 Å². The van der Waals surface area contributed by atoms with E-state index in [4.69, 9.17) is 10.5 Å². The molecule has 2 N–H and O–H groups in total. The molecule has 20 heavy (non-hydrogen) atoms. The summed E-state index contributed by atoms with van der Waals surface area (Å²) in [5, 5.41) is 4.59. The summed E-state index contributed by atoms with van der Waals surface area (Å²) in [5.74, 6) is 1.58. The molecule has 5 heteroatoms. The first-order chi connectivity index (χ1) is 9.39. The number of hydrogen-bond donors (Lipinski definition) is 1. The number of anilines is 1. The number of benzene rings is 1. The number of nitrogens with zero attached hydrogens (tertiary/aromatic N) is 2. The quantitative estimate of drug-likeness (QED) is 0.864. The Bertz CT molecular complexity index is 663. The van der Waals surface area contributed by atoms with Gasteiger partial charge < -0.3 is 10.5 Å². The molecular formula is C15H18BrN3O. The van der Waals surface area contributed by atoms with Crippen molar-refractivity contribution in [2.24, 2.45) is 0 Å². The van der Waals surface area contributed by atoms with E-state index < -0.39 is 0 Å². The van der Waals surface area contributed by atoms with Gasteiger partial charge in [0.15, 0.2) is 0 Å². The highest BCUT2D eigenvalue weighted by Crippen LogP contribution is 2.43. The van der Waals surface area contributed by atoms with Gasteiger partial charge in [-0.3, -0.25) is 0 Å². The Morgan fingerprint density at radius 3 is 2.75 bits per heavy atom. The van der Waals surface area contributed by atoms with Gasteiger partial charge in [-0.15, -0.1) is 0 Å². The Kier molecular flexibility index (Phi) is 3.05. The standard InChI is InChI=1S/C15H18BrN3O/c1-9-13(16)14(17)19(18-9)11-8-15(2,3)20-12-7-5-4-6-10(11)12/h4-7,11H,8,17H2,1-3H3. The number of para-hydroxylation sites is 1. The van der Waals surface area contributed by atoms with Gasteiger partial charge in [-0.25, -0.2) is 4.68 Å². The lowest BCUT2D eigenvalue weighted by Crippen LogP contribution is -2.37.